The molecule has 0 aromatic carbocycles. The lowest BCUT2D eigenvalue weighted by atomic mass is 10.2. The fourth-order valence-electron chi connectivity index (χ4n) is 2.17. The number of piperazine rings is 1. The number of aromatic nitrogens is 1. The van der Waals surface area contributed by atoms with Crippen LogP contribution in [-0.2, 0) is 4.74 Å². The molecule has 1 saturated heterocycles. The summed E-state index contributed by atoms with van der Waals surface area (Å²) in [6.07, 6.45) is -4.20. The molecule has 10 heteroatoms. The van der Waals surface area contributed by atoms with Crippen LogP contribution in [0.1, 0.15) is 10.4 Å². The Morgan fingerprint density at radius 1 is 1.38 bits per heavy atom. The summed E-state index contributed by atoms with van der Waals surface area (Å²) in [5.74, 6) is -0.506. The third-order valence-corrected chi connectivity index (χ3v) is 4.08. The van der Waals surface area contributed by atoms with Crippen LogP contribution in [-0.4, -0.2) is 61.3 Å². The van der Waals surface area contributed by atoms with Gasteiger partial charge in [-0.15, -0.1) is 0 Å². The van der Waals surface area contributed by atoms with Crippen molar-refractivity contribution in [1.82, 2.24) is 9.27 Å². The number of halogens is 3. The molecule has 0 spiro atoms. The number of methoxy groups -OCH3 is 1. The van der Waals surface area contributed by atoms with Gasteiger partial charge in [-0.05, 0) is 11.5 Å². The fourth-order valence-corrected chi connectivity index (χ4v) is 3.02. The molecular formula is C11H15F3N4O2S. The first-order valence-electron chi connectivity index (χ1n) is 6.19. The Morgan fingerprint density at radius 2 is 2.00 bits per heavy atom. The molecule has 1 aromatic heterocycles. The molecule has 1 aliphatic heterocycles. The van der Waals surface area contributed by atoms with Crippen molar-refractivity contribution in [3.63, 3.8) is 0 Å². The molecule has 2 N–H and O–H groups in total. The predicted octanol–water partition coefficient (Wildman–Crippen LogP) is 1.20. The first-order chi connectivity index (χ1) is 9.81. The van der Waals surface area contributed by atoms with Crippen LogP contribution in [0.4, 0.5) is 24.0 Å². The number of anilines is 2. The monoisotopic (exact) mass is 324 g/mol. The third kappa shape index (κ3) is 3.76. The number of alkyl halides is 3. The van der Waals surface area contributed by atoms with Gasteiger partial charge in [0.1, 0.15) is 10.6 Å². The van der Waals surface area contributed by atoms with E-state index in [9.17, 15) is 18.0 Å². The van der Waals surface area contributed by atoms with Gasteiger partial charge in [0.2, 0.25) is 0 Å². The molecule has 2 heterocycles. The zero-order valence-electron chi connectivity index (χ0n) is 11.3. The maximum absolute atomic E-state index is 12.3. The average Bonchev–Trinajstić information content (AvgIpc) is 2.79. The normalized spacial score (nSPS) is 17.0. The van der Waals surface area contributed by atoms with Gasteiger partial charge in [-0.3, -0.25) is 4.90 Å². The van der Waals surface area contributed by atoms with Crippen LogP contribution in [0.15, 0.2) is 0 Å². The van der Waals surface area contributed by atoms with E-state index in [0.29, 0.717) is 18.1 Å². The molecule has 6 nitrogen and oxygen atoms in total. The first kappa shape index (κ1) is 15.8. The Bertz CT molecular complexity index is 512. The van der Waals surface area contributed by atoms with Crippen LogP contribution < -0.4 is 10.6 Å². The maximum atomic E-state index is 12.3. The summed E-state index contributed by atoms with van der Waals surface area (Å²) in [4.78, 5) is 14.8. The second-order valence-corrected chi connectivity index (χ2v) is 5.37. The van der Waals surface area contributed by atoms with Crippen LogP contribution >= 0.6 is 11.5 Å². The molecule has 1 fully saturated rings. The highest BCUT2D eigenvalue weighted by Gasteiger charge is 2.33. The Labute approximate surface area is 123 Å². The molecule has 1 aliphatic rings. The summed E-state index contributed by atoms with van der Waals surface area (Å²) < 4.78 is 45.6. The lowest BCUT2D eigenvalue weighted by Gasteiger charge is -2.35. The molecule has 21 heavy (non-hydrogen) atoms. The van der Waals surface area contributed by atoms with E-state index >= 15 is 0 Å². The number of rotatable bonds is 3. The minimum absolute atomic E-state index is 0.0829. The second-order valence-electron chi connectivity index (χ2n) is 4.62. The number of nitrogens with zero attached hydrogens (tertiary/aromatic N) is 3. The number of ether oxygens (including phenoxy) is 1. The van der Waals surface area contributed by atoms with Crippen molar-refractivity contribution in [3.05, 3.63) is 5.56 Å². The topological polar surface area (TPSA) is 71.7 Å². The Hall–Kier alpha value is -1.55. The lowest BCUT2D eigenvalue weighted by Crippen LogP contribution is -2.49. The van der Waals surface area contributed by atoms with Crippen molar-refractivity contribution < 1.29 is 22.7 Å². The highest BCUT2D eigenvalue weighted by molar-refractivity contribution is 7.11. The lowest BCUT2D eigenvalue weighted by molar-refractivity contribution is -0.146. The number of carbonyl (C=O) groups excluding carboxylic acids is 1. The molecular weight excluding hydrogens is 309 g/mol. The van der Waals surface area contributed by atoms with Gasteiger partial charge in [0.25, 0.3) is 0 Å². The quantitative estimate of drug-likeness (QED) is 0.842. The number of hydrogen-bond donors (Lipinski definition) is 1. The van der Waals surface area contributed by atoms with Crippen molar-refractivity contribution >= 4 is 28.3 Å². The van der Waals surface area contributed by atoms with Crippen LogP contribution in [0.3, 0.4) is 0 Å². The summed E-state index contributed by atoms with van der Waals surface area (Å²) in [5.41, 5.74) is 5.83. The largest absolute Gasteiger partial charge is 0.465 e. The van der Waals surface area contributed by atoms with E-state index in [4.69, 9.17) is 5.73 Å². The van der Waals surface area contributed by atoms with Crippen molar-refractivity contribution in [2.45, 2.75) is 6.18 Å². The molecule has 0 atom stereocenters. The number of nitrogen functional groups attached to an aromatic ring is 1. The summed E-state index contributed by atoms with van der Waals surface area (Å²) >= 11 is 1.05. The van der Waals surface area contributed by atoms with E-state index in [1.165, 1.54) is 12.0 Å². The molecule has 118 valence electrons. The summed E-state index contributed by atoms with van der Waals surface area (Å²) in [7, 11) is 1.24. The van der Waals surface area contributed by atoms with E-state index in [1.54, 1.807) is 0 Å². The smallest absolute Gasteiger partial charge is 0.401 e. The van der Waals surface area contributed by atoms with Gasteiger partial charge in [0, 0.05) is 26.2 Å². The van der Waals surface area contributed by atoms with Gasteiger partial charge in [0.05, 0.1) is 13.7 Å². The Kier molecular flexibility index (Phi) is 4.57. The van der Waals surface area contributed by atoms with E-state index < -0.39 is 18.7 Å². The van der Waals surface area contributed by atoms with Gasteiger partial charge in [0.15, 0.2) is 5.82 Å². The van der Waals surface area contributed by atoms with E-state index in [2.05, 4.69) is 9.11 Å². The number of hydrogen-bond acceptors (Lipinski definition) is 7. The van der Waals surface area contributed by atoms with Gasteiger partial charge >= 0.3 is 12.1 Å². The summed E-state index contributed by atoms with van der Waals surface area (Å²) in [5, 5.41) is 0.547. The van der Waals surface area contributed by atoms with Crippen LogP contribution in [0.2, 0.25) is 0 Å². The molecule has 0 amide bonds. The molecule has 0 aliphatic carbocycles. The summed E-state index contributed by atoms with van der Waals surface area (Å²) in [6.45, 7) is 0.356. The summed E-state index contributed by atoms with van der Waals surface area (Å²) in [6, 6.07) is 0. The Morgan fingerprint density at radius 3 is 2.52 bits per heavy atom. The van der Waals surface area contributed by atoms with Crippen molar-refractivity contribution in [2.75, 3.05) is 50.5 Å². The van der Waals surface area contributed by atoms with Crippen molar-refractivity contribution in [2.24, 2.45) is 0 Å². The van der Waals surface area contributed by atoms with E-state index in [1.807, 2.05) is 4.90 Å². The SMILES string of the molecule is COC(=O)c1c(N)nsc1N1CCN(CC(F)(F)F)CC1. The van der Waals surface area contributed by atoms with Crippen molar-refractivity contribution in [1.29, 1.82) is 0 Å². The van der Waals surface area contributed by atoms with E-state index in [0.717, 1.165) is 11.5 Å². The third-order valence-electron chi connectivity index (χ3n) is 3.15. The highest BCUT2D eigenvalue weighted by Crippen LogP contribution is 2.32. The number of nitrogens with two attached hydrogens (primary N) is 1. The maximum Gasteiger partial charge on any atom is 0.401 e. The zero-order valence-corrected chi connectivity index (χ0v) is 12.1. The van der Waals surface area contributed by atoms with Gasteiger partial charge in [-0.2, -0.15) is 17.5 Å². The van der Waals surface area contributed by atoms with Crippen molar-refractivity contribution in [3.8, 4) is 0 Å². The molecule has 0 saturated carbocycles. The minimum Gasteiger partial charge on any atom is -0.465 e. The van der Waals surface area contributed by atoms with Gasteiger partial charge < -0.3 is 15.4 Å². The van der Waals surface area contributed by atoms with Gasteiger partial charge in [-0.25, -0.2) is 4.79 Å². The van der Waals surface area contributed by atoms with Crippen LogP contribution in [0.25, 0.3) is 0 Å². The van der Waals surface area contributed by atoms with E-state index in [-0.39, 0.29) is 24.5 Å². The Balaban J connectivity index is 2.05. The molecule has 0 bridgehead atoms. The highest BCUT2D eigenvalue weighted by atomic mass is 32.1. The average molecular weight is 324 g/mol. The fraction of sp³-hybridized carbons (Fsp3) is 0.636. The predicted molar refractivity (Wildman–Crippen MR) is 72.6 cm³/mol. The first-order valence-corrected chi connectivity index (χ1v) is 6.96. The molecule has 1 aromatic rings. The number of carbonyl (C=O) groups is 1. The molecule has 2 rings (SSSR count). The minimum atomic E-state index is -4.20. The second kappa shape index (κ2) is 6.06. The molecule has 0 unspecified atom stereocenters. The van der Waals surface area contributed by atoms with Gasteiger partial charge in [-0.1, -0.05) is 0 Å². The number of esters is 1. The van der Waals surface area contributed by atoms with Crippen LogP contribution in [0.5, 0.6) is 0 Å². The standard InChI is InChI=1S/C11H15F3N4O2S/c1-20-10(19)7-8(15)16-21-9(7)18-4-2-17(3-5-18)6-11(12,13)14/h2-6H2,1H3,(H2,15,16). The zero-order chi connectivity index (χ0) is 15.6. The molecule has 0 radical (unpaired) electrons. The van der Waals surface area contributed by atoms with Crippen LogP contribution in [0, 0.1) is 0 Å².